The second kappa shape index (κ2) is 2.71. The molecule has 1 rings (SSSR count). The predicted octanol–water partition coefficient (Wildman–Crippen LogP) is 1.15. The van der Waals surface area contributed by atoms with E-state index in [1.54, 1.807) is 0 Å². The van der Waals surface area contributed by atoms with E-state index in [9.17, 15) is 0 Å². The average Bonchev–Trinajstić information content (AvgIpc) is 2.17. The van der Waals surface area contributed by atoms with Crippen molar-refractivity contribution < 1.29 is 9.57 Å². The molecule has 0 aromatic heterocycles. The van der Waals surface area contributed by atoms with Gasteiger partial charge in [0.05, 0.1) is 13.0 Å². The minimum atomic E-state index is 0.201. The largest absolute Gasteiger partial charge is 0.479 e. The first-order valence-electron chi connectivity index (χ1n) is 3.18. The van der Waals surface area contributed by atoms with E-state index in [0.717, 1.165) is 12.3 Å². The summed E-state index contributed by atoms with van der Waals surface area (Å²) < 4.78 is 5.10. The second-order valence-corrected chi connectivity index (χ2v) is 2.04. The molecule has 0 saturated carbocycles. The SMILES string of the molecule is CCOC1=NO[C@H](C)C1. The fraction of sp³-hybridized carbons (Fsp3) is 0.833. The van der Waals surface area contributed by atoms with E-state index in [1.165, 1.54) is 0 Å². The van der Waals surface area contributed by atoms with Crippen molar-refractivity contribution in [2.45, 2.75) is 26.4 Å². The van der Waals surface area contributed by atoms with Crippen LogP contribution in [0.3, 0.4) is 0 Å². The van der Waals surface area contributed by atoms with Gasteiger partial charge in [-0.15, -0.1) is 0 Å². The maximum absolute atomic E-state index is 5.10. The Balaban J connectivity index is 2.27. The second-order valence-electron chi connectivity index (χ2n) is 2.04. The first-order chi connectivity index (χ1) is 4.33. The molecule has 0 radical (unpaired) electrons. The van der Waals surface area contributed by atoms with Gasteiger partial charge >= 0.3 is 0 Å². The van der Waals surface area contributed by atoms with Crippen LogP contribution < -0.4 is 0 Å². The van der Waals surface area contributed by atoms with Crippen molar-refractivity contribution in [3.8, 4) is 0 Å². The molecule has 1 atom stereocenters. The molecule has 0 unspecified atom stereocenters. The van der Waals surface area contributed by atoms with E-state index < -0.39 is 0 Å². The van der Waals surface area contributed by atoms with Crippen molar-refractivity contribution >= 4 is 5.90 Å². The van der Waals surface area contributed by atoms with Gasteiger partial charge in [0.1, 0.15) is 6.10 Å². The van der Waals surface area contributed by atoms with Crippen LogP contribution in [0.2, 0.25) is 0 Å². The molecule has 0 aromatic rings. The van der Waals surface area contributed by atoms with Crippen molar-refractivity contribution in [1.29, 1.82) is 0 Å². The monoisotopic (exact) mass is 129 g/mol. The molecule has 0 N–H and O–H groups in total. The molecule has 0 aromatic carbocycles. The third kappa shape index (κ3) is 1.59. The van der Waals surface area contributed by atoms with E-state index in [1.807, 2.05) is 13.8 Å². The van der Waals surface area contributed by atoms with Gasteiger partial charge in [-0.3, -0.25) is 0 Å². The Morgan fingerprint density at radius 3 is 3.11 bits per heavy atom. The van der Waals surface area contributed by atoms with E-state index >= 15 is 0 Å². The number of oxime groups is 1. The van der Waals surface area contributed by atoms with Crippen LogP contribution in [0.25, 0.3) is 0 Å². The molecule has 1 aliphatic heterocycles. The first-order valence-corrected chi connectivity index (χ1v) is 3.18. The molecular formula is C6H11NO2. The van der Waals surface area contributed by atoms with E-state index in [0.29, 0.717) is 6.61 Å². The summed E-state index contributed by atoms with van der Waals surface area (Å²) in [7, 11) is 0. The highest BCUT2D eigenvalue weighted by atomic mass is 16.7. The predicted molar refractivity (Wildman–Crippen MR) is 34.2 cm³/mol. The van der Waals surface area contributed by atoms with Crippen molar-refractivity contribution in [3.05, 3.63) is 0 Å². The van der Waals surface area contributed by atoms with E-state index in [4.69, 9.17) is 9.57 Å². The average molecular weight is 129 g/mol. The van der Waals surface area contributed by atoms with Gasteiger partial charge in [0, 0.05) is 0 Å². The Kier molecular flexibility index (Phi) is 1.92. The summed E-state index contributed by atoms with van der Waals surface area (Å²) in [5.41, 5.74) is 0. The van der Waals surface area contributed by atoms with Gasteiger partial charge in [0.2, 0.25) is 5.90 Å². The van der Waals surface area contributed by atoms with Crippen LogP contribution >= 0.6 is 0 Å². The minimum Gasteiger partial charge on any atom is -0.479 e. The van der Waals surface area contributed by atoms with E-state index in [2.05, 4.69) is 5.16 Å². The zero-order valence-electron chi connectivity index (χ0n) is 5.76. The lowest BCUT2D eigenvalue weighted by atomic mass is 10.3. The number of rotatable bonds is 1. The zero-order valence-corrected chi connectivity index (χ0v) is 5.76. The van der Waals surface area contributed by atoms with Gasteiger partial charge in [-0.1, -0.05) is 5.16 Å². The van der Waals surface area contributed by atoms with Gasteiger partial charge in [0.25, 0.3) is 0 Å². The van der Waals surface area contributed by atoms with Crippen LogP contribution in [0.4, 0.5) is 0 Å². The molecule has 1 heterocycles. The zero-order chi connectivity index (χ0) is 6.69. The lowest BCUT2D eigenvalue weighted by Gasteiger charge is -1.97. The highest BCUT2D eigenvalue weighted by Crippen LogP contribution is 2.09. The van der Waals surface area contributed by atoms with Crippen molar-refractivity contribution in [2.75, 3.05) is 6.61 Å². The van der Waals surface area contributed by atoms with Crippen LogP contribution in [-0.4, -0.2) is 18.6 Å². The van der Waals surface area contributed by atoms with Gasteiger partial charge < -0.3 is 9.57 Å². The smallest absolute Gasteiger partial charge is 0.229 e. The van der Waals surface area contributed by atoms with Crippen LogP contribution in [0.1, 0.15) is 20.3 Å². The highest BCUT2D eigenvalue weighted by molar-refractivity contribution is 5.76. The molecule has 9 heavy (non-hydrogen) atoms. The summed E-state index contributed by atoms with van der Waals surface area (Å²) in [4.78, 5) is 4.88. The van der Waals surface area contributed by atoms with Gasteiger partial charge in [-0.05, 0) is 13.8 Å². The molecule has 0 amide bonds. The molecule has 0 spiro atoms. The molecule has 0 bridgehead atoms. The van der Waals surface area contributed by atoms with Crippen molar-refractivity contribution in [1.82, 2.24) is 0 Å². The Bertz CT molecular complexity index is 122. The Morgan fingerprint density at radius 2 is 2.67 bits per heavy atom. The molecule has 1 aliphatic rings. The highest BCUT2D eigenvalue weighted by Gasteiger charge is 2.16. The third-order valence-electron chi connectivity index (χ3n) is 1.11. The lowest BCUT2D eigenvalue weighted by molar-refractivity contribution is 0.0989. The standard InChI is InChI=1S/C6H11NO2/c1-3-8-6-4-5(2)9-7-6/h5H,3-4H2,1-2H3/t5-/m1/s1. The normalized spacial score (nSPS) is 25.1. The molecule has 0 aliphatic carbocycles. The Labute approximate surface area is 54.6 Å². The van der Waals surface area contributed by atoms with Gasteiger partial charge in [0.15, 0.2) is 0 Å². The fourth-order valence-corrected chi connectivity index (χ4v) is 0.721. The fourth-order valence-electron chi connectivity index (χ4n) is 0.721. The summed E-state index contributed by atoms with van der Waals surface area (Å²) >= 11 is 0. The molecule has 3 nitrogen and oxygen atoms in total. The maximum Gasteiger partial charge on any atom is 0.229 e. The number of hydrogen-bond donors (Lipinski definition) is 0. The molecular weight excluding hydrogens is 118 g/mol. The van der Waals surface area contributed by atoms with E-state index in [-0.39, 0.29) is 6.10 Å². The summed E-state index contributed by atoms with van der Waals surface area (Å²) in [5.74, 6) is 0.727. The number of nitrogens with zero attached hydrogens (tertiary/aromatic N) is 1. The number of ether oxygens (including phenoxy) is 1. The van der Waals surface area contributed by atoms with Crippen molar-refractivity contribution in [3.63, 3.8) is 0 Å². The third-order valence-corrected chi connectivity index (χ3v) is 1.11. The Morgan fingerprint density at radius 1 is 1.89 bits per heavy atom. The minimum absolute atomic E-state index is 0.201. The summed E-state index contributed by atoms with van der Waals surface area (Å²) in [6.45, 7) is 4.58. The molecule has 3 heteroatoms. The van der Waals surface area contributed by atoms with Crippen LogP contribution in [0.5, 0.6) is 0 Å². The van der Waals surface area contributed by atoms with Gasteiger partial charge in [-0.2, -0.15) is 0 Å². The first kappa shape index (κ1) is 6.39. The Hall–Kier alpha value is -0.730. The van der Waals surface area contributed by atoms with Crippen LogP contribution in [0.15, 0.2) is 5.16 Å². The topological polar surface area (TPSA) is 30.8 Å². The summed E-state index contributed by atoms with van der Waals surface area (Å²) in [6, 6.07) is 0. The van der Waals surface area contributed by atoms with Crippen molar-refractivity contribution in [2.24, 2.45) is 5.16 Å². The molecule has 0 fully saturated rings. The summed E-state index contributed by atoms with van der Waals surface area (Å²) in [6.07, 6.45) is 1.01. The molecule has 0 saturated heterocycles. The quantitative estimate of drug-likeness (QED) is 0.531. The van der Waals surface area contributed by atoms with Crippen LogP contribution in [-0.2, 0) is 9.57 Å². The number of hydrogen-bond acceptors (Lipinski definition) is 3. The maximum atomic E-state index is 5.10. The lowest BCUT2D eigenvalue weighted by Crippen LogP contribution is -2.05. The summed E-state index contributed by atoms with van der Waals surface area (Å²) in [5, 5.41) is 3.70. The van der Waals surface area contributed by atoms with Gasteiger partial charge in [-0.25, -0.2) is 0 Å². The molecule has 52 valence electrons. The van der Waals surface area contributed by atoms with Crippen LogP contribution in [0, 0.1) is 0 Å².